The first-order valence-electron chi connectivity index (χ1n) is 6.17. The van der Waals surface area contributed by atoms with Crippen molar-refractivity contribution in [2.24, 2.45) is 0 Å². The van der Waals surface area contributed by atoms with Crippen molar-refractivity contribution in [1.82, 2.24) is 4.90 Å². The molecule has 0 unspecified atom stereocenters. The van der Waals surface area contributed by atoms with E-state index in [1.165, 1.54) is 4.88 Å². The summed E-state index contributed by atoms with van der Waals surface area (Å²) in [5.74, 6) is 0.315. The van der Waals surface area contributed by atoms with Gasteiger partial charge in [0.15, 0.2) is 5.78 Å². The maximum Gasteiger partial charge on any atom is 0.222 e. The summed E-state index contributed by atoms with van der Waals surface area (Å²) in [5, 5.41) is 2.06. The zero-order chi connectivity index (χ0) is 13.0. The average Bonchev–Trinajstić information content (AvgIpc) is 2.75. The van der Waals surface area contributed by atoms with Gasteiger partial charge in [-0.1, -0.05) is 0 Å². The highest BCUT2D eigenvalue weighted by molar-refractivity contribution is 9.10. The number of hydrogen-bond acceptors (Lipinski definition) is 3. The van der Waals surface area contributed by atoms with E-state index in [1.54, 1.807) is 16.2 Å². The molecular weight excluding hydrogens is 314 g/mol. The maximum atomic E-state index is 11.9. The van der Waals surface area contributed by atoms with Crippen LogP contribution in [0, 0.1) is 0 Å². The molecule has 1 saturated heterocycles. The van der Waals surface area contributed by atoms with Crippen molar-refractivity contribution in [3.05, 3.63) is 20.8 Å². The van der Waals surface area contributed by atoms with Gasteiger partial charge in [-0.2, -0.15) is 0 Å². The summed E-state index contributed by atoms with van der Waals surface area (Å²) in [5.41, 5.74) is 0. The lowest BCUT2D eigenvalue weighted by Crippen LogP contribution is -2.40. The van der Waals surface area contributed by atoms with Crippen molar-refractivity contribution in [2.45, 2.75) is 32.1 Å². The van der Waals surface area contributed by atoms with E-state index < -0.39 is 0 Å². The number of likely N-dealkylation sites (tertiary alicyclic amines) is 1. The van der Waals surface area contributed by atoms with Crippen LogP contribution in [0.1, 0.15) is 30.6 Å². The summed E-state index contributed by atoms with van der Waals surface area (Å²) in [6.07, 6.45) is 3.79. The lowest BCUT2D eigenvalue weighted by Gasteiger charge is -2.25. The standard InChI is InChI=1S/C13H16BrNO2S/c14-10-7-12(18-9-10)4-1-5-13(17)15-6-2-3-11(16)8-15/h7,9H,1-6,8H2. The number of halogens is 1. The van der Waals surface area contributed by atoms with Gasteiger partial charge in [0.2, 0.25) is 5.91 Å². The molecule has 0 bridgehead atoms. The zero-order valence-electron chi connectivity index (χ0n) is 10.2. The fourth-order valence-corrected chi connectivity index (χ4v) is 3.61. The van der Waals surface area contributed by atoms with Crippen molar-refractivity contribution < 1.29 is 9.59 Å². The maximum absolute atomic E-state index is 11.9. The fourth-order valence-electron chi connectivity index (χ4n) is 2.11. The average molecular weight is 330 g/mol. The minimum Gasteiger partial charge on any atom is -0.335 e. The number of hydrogen-bond donors (Lipinski definition) is 0. The molecule has 2 rings (SSSR count). The van der Waals surface area contributed by atoms with Crippen LogP contribution in [0.5, 0.6) is 0 Å². The van der Waals surface area contributed by atoms with Crippen molar-refractivity contribution in [1.29, 1.82) is 0 Å². The Morgan fingerprint density at radius 1 is 1.50 bits per heavy atom. The summed E-state index contributed by atoms with van der Waals surface area (Å²) in [6.45, 7) is 1.07. The third-order valence-electron chi connectivity index (χ3n) is 3.04. The normalized spacial score (nSPS) is 16.1. The number of rotatable bonds is 4. The Balaban J connectivity index is 1.73. The highest BCUT2D eigenvalue weighted by Gasteiger charge is 2.20. The molecule has 0 saturated carbocycles. The summed E-state index contributed by atoms with van der Waals surface area (Å²) in [4.78, 5) is 26.2. The van der Waals surface area contributed by atoms with Crippen molar-refractivity contribution in [2.75, 3.05) is 13.1 Å². The van der Waals surface area contributed by atoms with Gasteiger partial charge in [0.25, 0.3) is 0 Å². The van der Waals surface area contributed by atoms with Crippen LogP contribution in [-0.2, 0) is 16.0 Å². The number of carbonyl (C=O) groups excluding carboxylic acids is 2. The van der Waals surface area contributed by atoms with Gasteiger partial charge in [-0.3, -0.25) is 9.59 Å². The topological polar surface area (TPSA) is 37.4 Å². The third-order valence-corrected chi connectivity index (χ3v) is 4.80. The Hall–Kier alpha value is -0.680. The molecule has 3 nitrogen and oxygen atoms in total. The van der Waals surface area contributed by atoms with Crippen LogP contribution in [0.4, 0.5) is 0 Å². The second-order valence-corrected chi connectivity index (χ2v) is 6.45. The molecule has 18 heavy (non-hydrogen) atoms. The minimum atomic E-state index is 0.124. The molecule has 98 valence electrons. The molecule has 0 radical (unpaired) electrons. The molecule has 5 heteroatoms. The molecule has 1 aromatic heterocycles. The third kappa shape index (κ3) is 3.92. The molecule has 1 aliphatic heterocycles. The minimum absolute atomic E-state index is 0.124. The summed E-state index contributed by atoms with van der Waals surface area (Å²) in [7, 11) is 0. The molecule has 1 amide bonds. The van der Waals surface area contributed by atoms with E-state index in [1.807, 2.05) is 0 Å². The molecular formula is C13H16BrNO2S. The fraction of sp³-hybridized carbons (Fsp3) is 0.538. The zero-order valence-corrected chi connectivity index (χ0v) is 12.6. The van der Waals surface area contributed by atoms with Crippen LogP contribution in [0.15, 0.2) is 15.9 Å². The van der Waals surface area contributed by atoms with E-state index in [0.29, 0.717) is 19.4 Å². The molecule has 1 aliphatic rings. The smallest absolute Gasteiger partial charge is 0.222 e. The van der Waals surface area contributed by atoms with Gasteiger partial charge in [-0.25, -0.2) is 0 Å². The lowest BCUT2D eigenvalue weighted by atomic mass is 10.1. The van der Waals surface area contributed by atoms with Gasteiger partial charge >= 0.3 is 0 Å². The highest BCUT2D eigenvalue weighted by atomic mass is 79.9. The van der Waals surface area contributed by atoms with Gasteiger partial charge in [0.1, 0.15) is 0 Å². The molecule has 0 N–H and O–H groups in total. The van der Waals surface area contributed by atoms with E-state index in [2.05, 4.69) is 27.4 Å². The van der Waals surface area contributed by atoms with Crippen LogP contribution >= 0.6 is 27.3 Å². The van der Waals surface area contributed by atoms with E-state index in [-0.39, 0.29) is 11.7 Å². The number of amides is 1. The molecule has 2 heterocycles. The van der Waals surface area contributed by atoms with Crippen LogP contribution < -0.4 is 0 Å². The number of aryl methyl sites for hydroxylation is 1. The Labute approximate surface area is 119 Å². The Morgan fingerprint density at radius 2 is 2.33 bits per heavy atom. The molecule has 0 atom stereocenters. The van der Waals surface area contributed by atoms with Crippen molar-refractivity contribution in [3.63, 3.8) is 0 Å². The van der Waals surface area contributed by atoms with Gasteiger partial charge in [0, 0.05) is 34.1 Å². The van der Waals surface area contributed by atoms with Crippen LogP contribution in [0.3, 0.4) is 0 Å². The number of piperidine rings is 1. The summed E-state index contributed by atoms with van der Waals surface area (Å²) in [6, 6.07) is 2.10. The Bertz CT molecular complexity index is 444. The number of nitrogens with zero attached hydrogens (tertiary/aromatic N) is 1. The number of carbonyl (C=O) groups is 2. The largest absolute Gasteiger partial charge is 0.335 e. The monoisotopic (exact) mass is 329 g/mol. The molecule has 0 spiro atoms. The van der Waals surface area contributed by atoms with E-state index in [9.17, 15) is 9.59 Å². The molecule has 0 aliphatic carbocycles. The van der Waals surface area contributed by atoms with Crippen molar-refractivity contribution >= 4 is 39.0 Å². The number of Topliss-reactive ketones (excluding diaryl/α,β-unsaturated/α-hetero) is 1. The second kappa shape index (κ2) is 6.48. The van der Waals surface area contributed by atoms with Crippen molar-refractivity contribution in [3.8, 4) is 0 Å². The second-order valence-electron chi connectivity index (χ2n) is 4.54. The highest BCUT2D eigenvalue weighted by Crippen LogP contribution is 2.21. The van der Waals surface area contributed by atoms with Gasteiger partial charge in [0.05, 0.1) is 6.54 Å². The molecule has 1 fully saturated rings. The summed E-state index contributed by atoms with van der Waals surface area (Å²) < 4.78 is 1.11. The van der Waals surface area contributed by atoms with E-state index >= 15 is 0 Å². The Kier molecular flexibility index (Phi) is 4.95. The van der Waals surface area contributed by atoms with E-state index in [4.69, 9.17) is 0 Å². The molecule has 0 aromatic carbocycles. The quantitative estimate of drug-likeness (QED) is 0.851. The Morgan fingerprint density at radius 3 is 3.00 bits per heavy atom. The number of thiophene rings is 1. The number of ketones is 1. The van der Waals surface area contributed by atoms with Gasteiger partial charge < -0.3 is 4.90 Å². The first kappa shape index (κ1) is 13.7. The van der Waals surface area contributed by atoms with Crippen LogP contribution in [0.2, 0.25) is 0 Å². The lowest BCUT2D eigenvalue weighted by molar-refractivity contribution is -0.137. The summed E-state index contributed by atoms with van der Waals surface area (Å²) >= 11 is 5.13. The first-order chi connectivity index (χ1) is 8.65. The predicted octanol–water partition coefficient (Wildman–Crippen LogP) is 3.02. The van der Waals surface area contributed by atoms with E-state index in [0.717, 1.165) is 30.3 Å². The van der Waals surface area contributed by atoms with Gasteiger partial charge in [-0.15, -0.1) is 11.3 Å². The van der Waals surface area contributed by atoms with Crippen LogP contribution in [-0.4, -0.2) is 29.7 Å². The molecule has 1 aromatic rings. The van der Waals surface area contributed by atoms with Crippen LogP contribution in [0.25, 0.3) is 0 Å². The predicted molar refractivity (Wildman–Crippen MR) is 75.8 cm³/mol. The SMILES string of the molecule is O=C1CCCN(C(=O)CCCc2cc(Br)cs2)C1. The first-order valence-corrected chi connectivity index (χ1v) is 7.85. The van der Waals surface area contributed by atoms with Gasteiger partial charge in [-0.05, 0) is 41.3 Å².